The van der Waals surface area contributed by atoms with Crippen LogP contribution in [0.25, 0.3) is 0 Å². The summed E-state index contributed by atoms with van der Waals surface area (Å²) in [6, 6.07) is 5.79. The molecule has 0 aromatic heterocycles. The van der Waals surface area contributed by atoms with Crippen molar-refractivity contribution >= 4 is 23.2 Å². The van der Waals surface area contributed by atoms with Crippen molar-refractivity contribution in [1.82, 2.24) is 5.32 Å². The van der Waals surface area contributed by atoms with E-state index in [9.17, 15) is 4.79 Å². The molecule has 1 aromatic rings. The largest absolute Gasteiger partial charge is 0.324 e. The molecule has 15 heavy (non-hydrogen) atoms. The lowest BCUT2D eigenvalue weighted by atomic mass is 10.1. The molecule has 0 radical (unpaired) electrons. The molecule has 1 aromatic carbocycles. The number of rotatable bonds is 2. The summed E-state index contributed by atoms with van der Waals surface area (Å²) in [4.78, 5) is 11.7. The first kappa shape index (κ1) is 9.19. The van der Waals surface area contributed by atoms with Gasteiger partial charge in [0.25, 0.3) is 0 Å². The molecular weight excluding hydrogens is 212 g/mol. The number of hydrogen-bond donors (Lipinski definition) is 2. The first-order chi connectivity index (χ1) is 7.24. The fraction of sp³-hybridized carbons (Fsp3) is 0.364. The number of carbonyl (C=O) groups is 1. The van der Waals surface area contributed by atoms with Crippen molar-refractivity contribution in [3.05, 3.63) is 28.8 Å². The molecule has 0 saturated heterocycles. The van der Waals surface area contributed by atoms with Gasteiger partial charge in [-0.05, 0) is 31.0 Å². The van der Waals surface area contributed by atoms with E-state index in [4.69, 9.17) is 11.6 Å². The molecule has 3 rings (SSSR count). The highest BCUT2D eigenvalue weighted by atomic mass is 35.5. The van der Waals surface area contributed by atoms with E-state index >= 15 is 0 Å². The smallest absolute Gasteiger partial charge is 0.246 e. The minimum absolute atomic E-state index is 0.0270. The van der Waals surface area contributed by atoms with Gasteiger partial charge in [-0.25, -0.2) is 0 Å². The van der Waals surface area contributed by atoms with Gasteiger partial charge in [0.15, 0.2) is 0 Å². The minimum atomic E-state index is -0.216. The molecule has 0 bridgehead atoms. The Morgan fingerprint density at radius 2 is 2.20 bits per heavy atom. The topological polar surface area (TPSA) is 41.1 Å². The highest BCUT2D eigenvalue weighted by molar-refractivity contribution is 6.31. The molecule has 78 valence electrons. The van der Waals surface area contributed by atoms with Crippen molar-refractivity contribution in [3.63, 3.8) is 0 Å². The molecule has 1 fully saturated rings. The fourth-order valence-corrected chi connectivity index (χ4v) is 2.06. The van der Waals surface area contributed by atoms with Crippen molar-refractivity contribution in [3.8, 4) is 0 Å². The lowest BCUT2D eigenvalue weighted by Gasteiger charge is -2.10. The van der Waals surface area contributed by atoms with E-state index in [1.165, 1.54) is 12.8 Å². The van der Waals surface area contributed by atoms with Gasteiger partial charge < -0.3 is 5.32 Å². The monoisotopic (exact) mass is 222 g/mol. The average Bonchev–Trinajstić information content (AvgIpc) is 2.96. The summed E-state index contributed by atoms with van der Waals surface area (Å²) in [6.07, 6.45) is 2.33. The van der Waals surface area contributed by atoms with Crippen molar-refractivity contribution < 1.29 is 4.79 Å². The number of amides is 1. The van der Waals surface area contributed by atoms with E-state index in [0.29, 0.717) is 11.1 Å². The van der Waals surface area contributed by atoms with Gasteiger partial charge in [-0.2, -0.15) is 0 Å². The van der Waals surface area contributed by atoms with Crippen molar-refractivity contribution in [2.24, 2.45) is 0 Å². The summed E-state index contributed by atoms with van der Waals surface area (Å²) >= 11 is 5.92. The molecule has 1 atom stereocenters. The fourth-order valence-electron chi connectivity index (χ4n) is 1.88. The summed E-state index contributed by atoms with van der Waals surface area (Å²) < 4.78 is 0. The van der Waals surface area contributed by atoms with Gasteiger partial charge in [0, 0.05) is 22.3 Å². The van der Waals surface area contributed by atoms with Crippen LogP contribution >= 0.6 is 11.6 Å². The maximum Gasteiger partial charge on any atom is 0.246 e. The lowest BCUT2D eigenvalue weighted by molar-refractivity contribution is -0.117. The zero-order valence-corrected chi connectivity index (χ0v) is 8.84. The third-order valence-electron chi connectivity index (χ3n) is 2.82. The van der Waals surface area contributed by atoms with Crippen LogP contribution in [0.5, 0.6) is 0 Å². The standard InChI is InChI=1S/C11H11ClN2O/c12-6-1-4-9-8(5-6)10(11(15)14-9)13-7-2-3-7/h1,4-5,7,10,13H,2-3H2,(H,14,15). The number of anilines is 1. The first-order valence-corrected chi connectivity index (χ1v) is 5.48. The van der Waals surface area contributed by atoms with Crippen molar-refractivity contribution in [2.45, 2.75) is 24.9 Å². The van der Waals surface area contributed by atoms with Crippen LogP contribution < -0.4 is 10.6 Å². The van der Waals surface area contributed by atoms with Gasteiger partial charge in [0.2, 0.25) is 5.91 Å². The van der Waals surface area contributed by atoms with Crippen LogP contribution in [0.15, 0.2) is 18.2 Å². The Labute approximate surface area is 92.8 Å². The number of benzene rings is 1. The number of carbonyl (C=O) groups excluding carboxylic acids is 1. The Balaban J connectivity index is 1.95. The quantitative estimate of drug-likeness (QED) is 0.805. The molecule has 1 saturated carbocycles. The second-order valence-corrected chi connectivity index (χ2v) is 4.53. The SMILES string of the molecule is O=C1Nc2ccc(Cl)cc2C1NC1CC1. The van der Waals surface area contributed by atoms with Gasteiger partial charge in [-0.15, -0.1) is 0 Å². The number of hydrogen-bond acceptors (Lipinski definition) is 2. The van der Waals surface area contributed by atoms with Crippen LogP contribution in [-0.4, -0.2) is 11.9 Å². The van der Waals surface area contributed by atoms with Gasteiger partial charge in [-0.3, -0.25) is 10.1 Å². The number of halogens is 1. The maximum absolute atomic E-state index is 11.7. The van der Waals surface area contributed by atoms with E-state index < -0.39 is 0 Å². The van der Waals surface area contributed by atoms with E-state index in [0.717, 1.165) is 11.3 Å². The Morgan fingerprint density at radius 3 is 2.93 bits per heavy atom. The van der Waals surface area contributed by atoms with E-state index in [1.807, 2.05) is 12.1 Å². The van der Waals surface area contributed by atoms with Crippen molar-refractivity contribution in [2.75, 3.05) is 5.32 Å². The number of nitrogens with one attached hydrogen (secondary N) is 2. The molecule has 1 aliphatic carbocycles. The molecule has 1 heterocycles. The molecule has 1 aliphatic heterocycles. The maximum atomic E-state index is 11.7. The van der Waals surface area contributed by atoms with Crippen LogP contribution in [-0.2, 0) is 4.79 Å². The Kier molecular flexibility index (Phi) is 1.97. The van der Waals surface area contributed by atoms with Crippen molar-refractivity contribution in [1.29, 1.82) is 0 Å². The van der Waals surface area contributed by atoms with E-state index in [-0.39, 0.29) is 11.9 Å². The predicted octanol–water partition coefficient (Wildman–Crippen LogP) is 2.09. The van der Waals surface area contributed by atoms with Gasteiger partial charge in [0.1, 0.15) is 6.04 Å². The average molecular weight is 223 g/mol. The highest BCUT2D eigenvalue weighted by Gasteiger charge is 2.35. The molecule has 0 spiro atoms. The van der Waals surface area contributed by atoms with E-state index in [2.05, 4.69) is 10.6 Å². The normalized spacial score (nSPS) is 23.8. The first-order valence-electron chi connectivity index (χ1n) is 5.10. The zero-order valence-electron chi connectivity index (χ0n) is 8.09. The second-order valence-electron chi connectivity index (χ2n) is 4.09. The summed E-state index contributed by atoms with van der Waals surface area (Å²) in [7, 11) is 0. The molecule has 1 amide bonds. The minimum Gasteiger partial charge on any atom is -0.324 e. The molecule has 1 unspecified atom stereocenters. The lowest BCUT2D eigenvalue weighted by Crippen LogP contribution is -2.29. The summed E-state index contributed by atoms with van der Waals surface area (Å²) in [5.74, 6) is 0.0270. The van der Waals surface area contributed by atoms with Crippen LogP contribution in [0.4, 0.5) is 5.69 Å². The molecule has 3 nitrogen and oxygen atoms in total. The second kappa shape index (κ2) is 3.22. The highest BCUT2D eigenvalue weighted by Crippen LogP contribution is 2.35. The van der Waals surface area contributed by atoms with E-state index in [1.54, 1.807) is 6.07 Å². The predicted molar refractivity (Wildman–Crippen MR) is 59.0 cm³/mol. The van der Waals surface area contributed by atoms with Gasteiger partial charge in [0.05, 0.1) is 0 Å². The summed E-state index contributed by atoms with van der Waals surface area (Å²) in [5.41, 5.74) is 1.85. The molecule has 2 aliphatic rings. The third-order valence-corrected chi connectivity index (χ3v) is 3.06. The molecule has 4 heteroatoms. The Hall–Kier alpha value is -1.06. The Morgan fingerprint density at radius 1 is 1.40 bits per heavy atom. The van der Waals surface area contributed by atoms with Crippen LogP contribution in [0.2, 0.25) is 5.02 Å². The summed E-state index contributed by atoms with van der Waals surface area (Å²) in [5, 5.41) is 6.84. The van der Waals surface area contributed by atoms with Gasteiger partial charge in [-0.1, -0.05) is 11.6 Å². The third kappa shape index (κ3) is 1.62. The zero-order chi connectivity index (χ0) is 10.4. The van der Waals surface area contributed by atoms with Gasteiger partial charge >= 0.3 is 0 Å². The number of fused-ring (bicyclic) bond motifs is 1. The van der Waals surface area contributed by atoms with Crippen LogP contribution in [0.1, 0.15) is 24.4 Å². The van der Waals surface area contributed by atoms with Crippen LogP contribution in [0, 0.1) is 0 Å². The van der Waals surface area contributed by atoms with Crippen LogP contribution in [0.3, 0.4) is 0 Å². The molecular formula is C11H11ClN2O. The Bertz CT molecular complexity index is 429. The summed E-state index contributed by atoms with van der Waals surface area (Å²) in [6.45, 7) is 0. The molecule has 2 N–H and O–H groups in total.